The number of aryl methyl sites for hydroxylation is 1. The van der Waals surface area contributed by atoms with E-state index in [9.17, 15) is 9.59 Å². The van der Waals surface area contributed by atoms with E-state index in [-0.39, 0.29) is 18.5 Å². The van der Waals surface area contributed by atoms with Crippen LogP contribution in [0.2, 0.25) is 0 Å². The highest BCUT2D eigenvalue weighted by atomic mass is 16.7. The van der Waals surface area contributed by atoms with Crippen molar-refractivity contribution in [3.05, 3.63) is 53.1 Å². The van der Waals surface area contributed by atoms with Crippen LogP contribution in [0.1, 0.15) is 46.5 Å². The van der Waals surface area contributed by atoms with E-state index in [0.717, 1.165) is 24.1 Å². The maximum atomic E-state index is 12.5. The number of benzene rings is 2. The van der Waals surface area contributed by atoms with E-state index in [1.807, 2.05) is 6.07 Å². The molecule has 0 saturated heterocycles. The quantitative estimate of drug-likeness (QED) is 0.849. The molecule has 5 heteroatoms. The summed E-state index contributed by atoms with van der Waals surface area (Å²) in [5.74, 6) is 1.10. The van der Waals surface area contributed by atoms with E-state index in [4.69, 9.17) is 9.47 Å². The van der Waals surface area contributed by atoms with Crippen LogP contribution in [-0.2, 0) is 6.42 Å². The molecule has 0 unspecified atom stereocenters. The molecule has 1 N–H and O–H groups in total. The lowest BCUT2D eigenvalue weighted by atomic mass is 10.1. The molecule has 0 bridgehead atoms. The first-order chi connectivity index (χ1) is 11.6. The predicted octanol–water partition coefficient (Wildman–Crippen LogP) is 3.82. The number of rotatable bonds is 5. The molecule has 1 aliphatic rings. The Balaban J connectivity index is 1.84. The van der Waals surface area contributed by atoms with Crippen LogP contribution in [0, 0.1) is 0 Å². The minimum atomic E-state index is -0.221. The van der Waals surface area contributed by atoms with E-state index in [0.29, 0.717) is 22.6 Å². The van der Waals surface area contributed by atoms with Crippen LogP contribution in [0.4, 0.5) is 5.69 Å². The second kappa shape index (κ2) is 6.74. The number of nitrogens with one attached hydrogen (secondary N) is 1. The Kier molecular flexibility index (Phi) is 4.51. The number of ether oxygens (including phenoxy) is 2. The summed E-state index contributed by atoms with van der Waals surface area (Å²) in [4.78, 5) is 23.8. The van der Waals surface area contributed by atoms with Gasteiger partial charge < -0.3 is 14.8 Å². The maximum absolute atomic E-state index is 12.5. The summed E-state index contributed by atoms with van der Waals surface area (Å²) in [7, 11) is 0. The van der Waals surface area contributed by atoms with Crippen molar-refractivity contribution in [2.45, 2.75) is 26.7 Å². The summed E-state index contributed by atoms with van der Waals surface area (Å²) in [5, 5.41) is 2.93. The molecule has 1 heterocycles. The Hall–Kier alpha value is -2.82. The predicted molar refractivity (Wildman–Crippen MR) is 91.0 cm³/mol. The molecular weight excluding hydrogens is 306 g/mol. The molecule has 24 heavy (non-hydrogen) atoms. The van der Waals surface area contributed by atoms with Crippen molar-refractivity contribution in [2.24, 2.45) is 0 Å². The van der Waals surface area contributed by atoms with Gasteiger partial charge in [0.15, 0.2) is 17.3 Å². The van der Waals surface area contributed by atoms with Crippen molar-refractivity contribution in [1.82, 2.24) is 0 Å². The van der Waals surface area contributed by atoms with Gasteiger partial charge in [0.25, 0.3) is 5.91 Å². The largest absolute Gasteiger partial charge is 0.454 e. The van der Waals surface area contributed by atoms with Gasteiger partial charge in [-0.3, -0.25) is 9.59 Å². The van der Waals surface area contributed by atoms with Crippen molar-refractivity contribution in [2.75, 3.05) is 12.1 Å². The first-order valence-electron chi connectivity index (χ1n) is 7.93. The number of hydrogen-bond acceptors (Lipinski definition) is 4. The van der Waals surface area contributed by atoms with Crippen LogP contribution in [0.5, 0.6) is 11.5 Å². The highest BCUT2D eigenvalue weighted by molar-refractivity contribution is 6.05. The molecule has 124 valence electrons. The van der Waals surface area contributed by atoms with Crippen LogP contribution in [-0.4, -0.2) is 18.5 Å². The van der Waals surface area contributed by atoms with Crippen LogP contribution >= 0.6 is 0 Å². The minimum absolute atomic E-state index is 0.0250. The Morgan fingerprint density at radius 3 is 2.29 bits per heavy atom. The molecule has 0 saturated carbocycles. The van der Waals surface area contributed by atoms with Gasteiger partial charge in [0.2, 0.25) is 6.79 Å². The second-order valence-corrected chi connectivity index (χ2v) is 5.70. The minimum Gasteiger partial charge on any atom is -0.454 e. The maximum Gasteiger partial charge on any atom is 0.255 e. The molecule has 0 fully saturated rings. The lowest BCUT2D eigenvalue weighted by molar-refractivity contribution is 0.100. The monoisotopic (exact) mass is 325 g/mol. The third kappa shape index (κ3) is 3.25. The van der Waals surface area contributed by atoms with Crippen LogP contribution in [0.15, 0.2) is 36.4 Å². The third-order valence-electron chi connectivity index (χ3n) is 3.92. The normalized spacial score (nSPS) is 12.1. The number of hydrogen-bond donors (Lipinski definition) is 1. The molecule has 2 aromatic carbocycles. The van der Waals surface area contributed by atoms with E-state index >= 15 is 0 Å². The summed E-state index contributed by atoms with van der Waals surface area (Å²) >= 11 is 0. The summed E-state index contributed by atoms with van der Waals surface area (Å²) < 4.78 is 10.8. The van der Waals surface area contributed by atoms with Crippen molar-refractivity contribution >= 4 is 17.4 Å². The molecule has 0 atom stereocenters. The van der Waals surface area contributed by atoms with Gasteiger partial charge >= 0.3 is 0 Å². The first kappa shape index (κ1) is 16.1. The van der Waals surface area contributed by atoms with E-state index < -0.39 is 0 Å². The number of ketones is 1. The lowest BCUT2D eigenvalue weighted by Crippen LogP contribution is -2.13. The molecule has 0 aromatic heterocycles. The number of carbonyl (C=O) groups is 2. The van der Waals surface area contributed by atoms with Crippen LogP contribution in [0.25, 0.3) is 0 Å². The molecule has 3 rings (SSSR count). The standard InChI is InChI=1S/C19H19NO4/c1-3-4-15-9-17-18(24-11-23-17)10-16(15)20-19(22)14-7-5-13(6-8-14)12(2)21/h5-10H,3-4,11H2,1-2H3,(H,20,22). The first-order valence-corrected chi connectivity index (χ1v) is 7.93. The Morgan fingerprint density at radius 1 is 1.04 bits per heavy atom. The topological polar surface area (TPSA) is 64.6 Å². The molecule has 1 amide bonds. The van der Waals surface area contributed by atoms with Gasteiger partial charge in [-0.05, 0) is 37.1 Å². The van der Waals surface area contributed by atoms with Gasteiger partial charge in [0, 0.05) is 22.9 Å². The van der Waals surface area contributed by atoms with Gasteiger partial charge in [-0.2, -0.15) is 0 Å². The van der Waals surface area contributed by atoms with Crippen LogP contribution in [0.3, 0.4) is 0 Å². The fourth-order valence-electron chi connectivity index (χ4n) is 2.63. The van der Waals surface area contributed by atoms with Crippen LogP contribution < -0.4 is 14.8 Å². The van der Waals surface area contributed by atoms with E-state index in [1.165, 1.54) is 6.92 Å². The molecule has 2 aromatic rings. The number of amides is 1. The lowest BCUT2D eigenvalue weighted by Gasteiger charge is -2.12. The summed E-state index contributed by atoms with van der Waals surface area (Å²) in [6.45, 7) is 3.78. The van der Waals surface area contributed by atoms with E-state index in [1.54, 1.807) is 30.3 Å². The SMILES string of the molecule is CCCc1cc2c(cc1NC(=O)c1ccc(C(C)=O)cc1)OCO2. The Bertz CT molecular complexity index is 781. The Labute approximate surface area is 140 Å². The zero-order valence-electron chi connectivity index (χ0n) is 13.7. The molecular formula is C19H19NO4. The van der Waals surface area contributed by atoms with E-state index in [2.05, 4.69) is 12.2 Å². The second-order valence-electron chi connectivity index (χ2n) is 5.70. The van der Waals surface area contributed by atoms with Gasteiger partial charge in [0.05, 0.1) is 0 Å². The summed E-state index contributed by atoms with van der Waals surface area (Å²) in [6.07, 6.45) is 1.78. The fraction of sp³-hybridized carbons (Fsp3) is 0.263. The summed E-state index contributed by atoms with van der Waals surface area (Å²) in [5.41, 5.74) is 2.82. The highest BCUT2D eigenvalue weighted by Gasteiger charge is 2.18. The van der Waals surface area contributed by atoms with Gasteiger partial charge in [-0.1, -0.05) is 25.5 Å². The fourth-order valence-corrected chi connectivity index (χ4v) is 2.63. The van der Waals surface area contributed by atoms with Gasteiger partial charge in [-0.25, -0.2) is 0 Å². The van der Waals surface area contributed by atoms with Crippen molar-refractivity contribution in [1.29, 1.82) is 0 Å². The van der Waals surface area contributed by atoms with Gasteiger partial charge in [-0.15, -0.1) is 0 Å². The average Bonchev–Trinajstić information content (AvgIpc) is 3.02. The van der Waals surface area contributed by atoms with Crippen molar-refractivity contribution in [3.63, 3.8) is 0 Å². The van der Waals surface area contributed by atoms with Gasteiger partial charge in [0.1, 0.15) is 0 Å². The molecule has 0 aliphatic carbocycles. The molecule has 0 radical (unpaired) electrons. The number of fused-ring (bicyclic) bond motifs is 1. The van der Waals surface area contributed by atoms with Crippen molar-refractivity contribution < 1.29 is 19.1 Å². The zero-order valence-corrected chi connectivity index (χ0v) is 13.7. The number of anilines is 1. The highest BCUT2D eigenvalue weighted by Crippen LogP contribution is 2.37. The molecule has 5 nitrogen and oxygen atoms in total. The zero-order chi connectivity index (χ0) is 17.1. The number of carbonyl (C=O) groups excluding carboxylic acids is 2. The number of Topliss-reactive ketones (excluding diaryl/α,β-unsaturated/α-hetero) is 1. The summed E-state index contributed by atoms with van der Waals surface area (Å²) in [6, 6.07) is 10.3. The molecule has 0 spiro atoms. The smallest absolute Gasteiger partial charge is 0.255 e. The third-order valence-corrected chi connectivity index (χ3v) is 3.92. The molecule has 1 aliphatic heterocycles. The Morgan fingerprint density at radius 2 is 1.67 bits per heavy atom. The van der Waals surface area contributed by atoms with Crippen molar-refractivity contribution in [3.8, 4) is 11.5 Å². The average molecular weight is 325 g/mol.